The van der Waals surface area contributed by atoms with E-state index in [4.69, 9.17) is 16.3 Å². The van der Waals surface area contributed by atoms with E-state index in [9.17, 15) is 18.0 Å². The second-order valence-corrected chi connectivity index (χ2v) is 6.02. The molecule has 0 aromatic heterocycles. The standard InChI is InChI=1S/C20H13ClF3NO2/c21-15-7-9-16(10-8-15)27-18-11-6-14(20(22,23)24)12-17(18)25-19(26)13-4-2-1-3-5-13/h1-12H,(H,25,26). The second kappa shape index (κ2) is 7.72. The van der Waals surface area contributed by atoms with E-state index in [0.29, 0.717) is 16.3 Å². The van der Waals surface area contributed by atoms with Gasteiger partial charge in [0.1, 0.15) is 5.75 Å². The van der Waals surface area contributed by atoms with Gasteiger partial charge in [-0.1, -0.05) is 29.8 Å². The highest BCUT2D eigenvalue weighted by Gasteiger charge is 2.31. The molecule has 0 aliphatic carbocycles. The number of carbonyl (C=O) groups excluding carboxylic acids is 1. The molecule has 3 aromatic carbocycles. The molecule has 0 radical (unpaired) electrons. The Morgan fingerprint density at radius 2 is 1.59 bits per heavy atom. The number of rotatable bonds is 4. The molecule has 27 heavy (non-hydrogen) atoms. The number of carbonyl (C=O) groups is 1. The van der Waals surface area contributed by atoms with Crippen molar-refractivity contribution in [1.29, 1.82) is 0 Å². The van der Waals surface area contributed by atoms with Crippen LogP contribution < -0.4 is 10.1 Å². The van der Waals surface area contributed by atoms with E-state index in [1.165, 1.54) is 0 Å². The molecule has 3 nitrogen and oxygen atoms in total. The average Bonchev–Trinajstić information content (AvgIpc) is 2.64. The third kappa shape index (κ3) is 4.80. The molecule has 0 bridgehead atoms. The highest BCUT2D eigenvalue weighted by atomic mass is 35.5. The summed E-state index contributed by atoms with van der Waals surface area (Å²) < 4.78 is 44.8. The molecule has 0 heterocycles. The van der Waals surface area contributed by atoms with Gasteiger partial charge < -0.3 is 10.1 Å². The van der Waals surface area contributed by atoms with Crippen molar-refractivity contribution in [2.45, 2.75) is 6.18 Å². The lowest BCUT2D eigenvalue weighted by molar-refractivity contribution is -0.137. The Hall–Kier alpha value is -2.99. The number of halogens is 4. The van der Waals surface area contributed by atoms with E-state index >= 15 is 0 Å². The minimum Gasteiger partial charge on any atom is -0.455 e. The van der Waals surface area contributed by atoms with E-state index in [-0.39, 0.29) is 11.4 Å². The van der Waals surface area contributed by atoms with E-state index in [2.05, 4.69) is 5.32 Å². The Labute approximate surface area is 158 Å². The molecule has 3 aromatic rings. The van der Waals surface area contributed by atoms with Gasteiger partial charge in [-0.3, -0.25) is 4.79 Å². The summed E-state index contributed by atoms with van der Waals surface area (Å²) in [5.74, 6) is -0.0974. The lowest BCUT2D eigenvalue weighted by Crippen LogP contribution is -2.14. The van der Waals surface area contributed by atoms with Gasteiger partial charge in [0.2, 0.25) is 0 Å². The molecule has 0 atom stereocenters. The second-order valence-electron chi connectivity index (χ2n) is 5.58. The predicted octanol–water partition coefficient (Wildman–Crippen LogP) is 6.40. The zero-order valence-corrected chi connectivity index (χ0v) is 14.5. The van der Waals surface area contributed by atoms with Gasteiger partial charge in [-0.2, -0.15) is 13.2 Å². The normalized spacial score (nSPS) is 11.1. The largest absolute Gasteiger partial charge is 0.455 e. The van der Waals surface area contributed by atoms with E-state index in [1.54, 1.807) is 54.6 Å². The monoisotopic (exact) mass is 391 g/mol. The van der Waals surface area contributed by atoms with Crippen molar-refractivity contribution in [3.63, 3.8) is 0 Å². The number of hydrogen-bond acceptors (Lipinski definition) is 2. The molecule has 0 saturated heterocycles. The van der Waals surface area contributed by atoms with Gasteiger partial charge in [-0.15, -0.1) is 0 Å². The van der Waals surface area contributed by atoms with Crippen LogP contribution in [0.1, 0.15) is 15.9 Å². The minimum absolute atomic E-state index is 0.0783. The highest BCUT2D eigenvalue weighted by Crippen LogP contribution is 2.37. The van der Waals surface area contributed by atoms with Crippen molar-refractivity contribution in [3.8, 4) is 11.5 Å². The summed E-state index contributed by atoms with van der Waals surface area (Å²) in [5, 5.41) is 2.97. The molecule has 138 valence electrons. The summed E-state index contributed by atoms with van der Waals surface area (Å²) >= 11 is 5.82. The van der Waals surface area contributed by atoms with Gasteiger partial charge in [0.25, 0.3) is 5.91 Å². The fourth-order valence-electron chi connectivity index (χ4n) is 2.31. The molecular weight excluding hydrogens is 379 g/mol. The molecule has 0 aliphatic rings. The number of amides is 1. The lowest BCUT2D eigenvalue weighted by atomic mass is 10.1. The molecule has 0 aliphatic heterocycles. The minimum atomic E-state index is -4.55. The van der Waals surface area contributed by atoms with Crippen LogP contribution in [0, 0.1) is 0 Å². The first-order valence-electron chi connectivity index (χ1n) is 7.84. The van der Waals surface area contributed by atoms with Crippen molar-refractivity contribution >= 4 is 23.2 Å². The summed E-state index contributed by atoms with van der Waals surface area (Å²) in [4.78, 5) is 12.4. The summed E-state index contributed by atoms with van der Waals surface area (Å²) in [5.41, 5.74) is -0.671. The number of nitrogens with one attached hydrogen (secondary N) is 1. The number of hydrogen-bond donors (Lipinski definition) is 1. The Balaban J connectivity index is 1.94. The smallest absolute Gasteiger partial charge is 0.416 e. The molecule has 0 saturated carbocycles. The summed E-state index contributed by atoms with van der Waals surface area (Å²) in [7, 11) is 0. The molecule has 0 fully saturated rings. The molecular formula is C20H13ClF3NO2. The van der Waals surface area contributed by atoms with Crippen LogP contribution in [0.15, 0.2) is 72.8 Å². The maximum absolute atomic E-state index is 13.1. The third-order valence-electron chi connectivity index (χ3n) is 3.63. The van der Waals surface area contributed by atoms with Crippen LogP contribution in [0.25, 0.3) is 0 Å². The molecule has 0 unspecified atom stereocenters. The van der Waals surface area contributed by atoms with Gasteiger partial charge >= 0.3 is 6.18 Å². The van der Waals surface area contributed by atoms with Crippen molar-refractivity contribution in [2.75, 3.05) is 5.32 Å². The fourth-order valence-corrected chi connectivity index (χ4v) is 2.43. The number of ether oxygens (including phenoxy) is 1. The van der Waals surface area contributed by atoms with Gasteiger partial charge in [0.15, 0.2) is 5.75 Å². The van der Waals surface area contributed by atoms with E-state index in [0.717, 1.165) is 18.2 Å². The van der Waals surface area contributed by atoms with Crippen LogP contribution in [0.3, 0.4) is 0 Å². The van der Waals surface area contributed by atoms with Crippen molar-refractivity contribution < 1.29 is 22.7 Å². The highest BCUT2D eigenvalue weighted by molar-refractivity contribution is 6.30. The molecule has 3 rings (SSSR count). The first-order chi connectivity index (χ1) is 12.8. The van der Waals surface area contributed by atoms with Crippen molar-refractivity contribution in [2.24, 2.45) is 0 Å². The van der Waals surface area contributed by atoms with Crippen molar-refractivity contribution in [1.82, 2.24) is 0 Å². The number of anilines is 1. The topological polar surface area (TPSA) is 38.3 Å². The van der Waals surface area contributed by atoms with Crippen molar-refractivity contribution in [3.05, 3.63) is 88.9 Å². The van der Waals surface area contributed by atoms with Crippen LogP contribution in [-0.2, 0) is 6.18 Å². The Kier molecular flexibility index (Phi) is 5.37. The van der Waals surface area contributed by atoms with Gasteiger partial charge in [0, 0.05) is 10.6 Å². The van der Waals surface area contributed by atoms with Crippen LogP contribution in [0.5, 0.6) is 11.5 Å². The zero-order chi connectivity index (χ0) is 19.4. The molecule has 0 spiro atoms. The quantitative estimate of drug-likeness (QED) is 0.558. The Morgan fingerprint density at radius 3 is 2.22 bits per heavy atom. The predicted molar refractivity (Wildman–Crippen MR) is 97.4 cm³/mol. The maximum Gasteiger partial charge on any atom is 0.416 e. The van der Waals surface area contributed by atoms with Crippen LogP contribution in [-0.4, -0.2) is 5.91 Å². The Bertz CT molecular complexity index is 942. The molecule has 1 N–H and O–H groups in total. The zero-order valence-electron chi connectivity index (χ0n) is 13.8. The number of benzene rings is 3. The van der Waals surface area contributed by atoms with E-state index in [1.807, 2.05) is 0 Å². The van der Waals surface area contributed by atoms with Gasteiger partial charge in [-0.25, -0.2) is 0 Å². The van der Waals surface area contributed by atoms with Crippen LogP contribution in [0.4, 0.5) is 18.9 Å². The Morgan fingerprint density at radius 1 is 0.926 bits per heavy atom. The summed E-state index contributed by atoms with van der Waals surface area (Å²) in [6, 6.07) is 17.4. The van der Waals surface area contributed by atoms with Gasteiger partial charge in [-0.05, 0) is 54.6 Å². The molecule has 7 heteroatoms. The average molecular weight is 392 g/mol. The summed E-state index contributed by atoms with van der Waals surface area (Å²) in [6.45, 7) is 0. The molecule has 1 amide bonds. The first-order valence-corrected chi connectivity index (χ1v) is 8.22. The SMILES string of the molecule is O=C(Nc1cc(C(F)(F)F)ccc1Oc1ccc(Cl)cc1)c1ccccc1. The van der Waals surface area contributed by atoms with Gasteiger partial charge in [0.05, 0.1) is 11.3 Å². The maximum atomic E-state index is 13.1. The number of alkyl halides is 3. The lowest BCUT2D eigenvalue weighted by Gasteiger charge is -2.15. The van der Waals surface area contributed by atoms with Crippen LogP contribution >= 0.6 is 11.6 Å². The third-order valence-corrected chi connectivity index (χ3v) is 3.88. The van der Waals surface area contributed by atoms with Crippen LogP contribution in [0.2, 0.25) is 5.02 Å². The summed E-state index contributed by atoms with van der Waals surface area (Å²) in [6.07, 6.45) is -4.55. The first kappa shape index (κ1) is 18.8. The fraction of sp³-hybridized carbons (Fsp3) is 0.0500. The van der Waals surface area contributed by atoms with E-state index < -0.39 is 17.6 Å².